The van der Waals surface area contributed by atoms with Crippen molar-refractivity contribution < 1.29 is 9.13 Å². The molecular formula is C16H17FN2O. The second kappa shape index (κ2) is 5.51. The fourth-order valence-electron chi connectivity index (χ4n) is 2.58. The zero-order valence-electron chi connectivity index (χ0n) is 11.2. The van der Waals surface area contributed by atoms with E-state index in [9.17, 15) is 4.39 Å². The van der Waals surface area contributed by atoms with Crippen LogP contribution in [-0.2, 0) is 6.54 Å². The third-order valence-corrected chi connectivity index (χ3v) is 3.53. The number of nitrogens with two attached hydrogens (primary N) is 1. The van der Waals surface area contributed by atoms with Gasteiger partial charge < -0.3 is 15.4 Å². The molecule has 3 nitrogen and oxygen atoms in total. The summed E-state index contributed by atoms with van der Waals surface area (Å²) >= 11 is 0. The van der Waals surface area contributed by atoms with Crippen molar-refractivity contribution >= 4 is 11.4 Å². The van der Waals surface area contributed by atoms with Gasteiger partial charge in [-0.25, -0.2) is 4.39 Å². The van der Waals surface area contributed by atoms with Crippen molar-refractivity contribution in [3.8, 4) is 5.75 Å². The Kier molecular flexibility index (Phi) is 3.56. The Bertz CT molecular complexity index is 615. The third-order valence-electron chi connectivity index (χ3n) is 3.53. The number of para-hydroxylation sites is 2. The van der Waals surface area contributed by atoms with E-state index in [0.29, 0.717) is 12.2 Å². The Morgan fingerprint density at radius 3 is 2.75 bits per heavy atom. The van der Waals surface area contributed by atoms with Crippen LogP contribution in [0, 0.1) is 5.82 Å². The van der Waals surface area contributed by atoms with Crippen LogP contribution in [0.3, 0.4) is 0 Å². The normalized spacial score (nSPS) is 14.4. The van der Waals surface area contributed by atoms with Crippen LogP contribution in [-0.4, -0.2) is 13.2 Å². The lowest BCUT2D eigenvalue weighted by Crippen LogP contribution is -2.20. The first-order valence-corrected chi connectivity index (χ1v) is 6.78. The molecule has 4 heteroatoms. The van der Waals surface area contributed by atoms with Gasteiger partial charge in [0.25, 0.3) is 0 Å². The molecular weight excluding hydrogens is 255 g/mol. The van der Waals surface area contributed by atoms with Crippen LogP contribution < -0.4 is 15.4 Å². The Morgan fingerprint density at radius 1 is 1.10 bits per heavy atom. The molecule has 0 amide bonds. The van der Waals surface area contributed by atoms with E-state index in [1.54, 1.807) is 6.07 Å². The number of hydrogen-bond donors (Lipinski definition) is 1. The lowest BCUT2D eigenvalue weighted by Gasteiger charge is -2.26. The van der Waals surface area contributed by atoms with Gasteiger partial charge in [-0.1, -0.05) is 18.2 Å². The molecule has 0 aliphatic carbocycles. The van der Waals surface area contributed by atoms with Gasteiger partial charge in [0.15, 0.2) is 0 Å². The number of benzene rings is 2. The van der Waals surface area contributed by atoms with E-state index >= 15 is 0 Å². The molecule has 0 fully saturated rings. The highest BCUT2D eigenvalue weighted by Crippen LogP contribution is 2.37. The van der Waals surface area contributed by atoms with E-state index in [2.05, 4.69) is 4.90 Å². The number of hydrogen-bond acceptors (Lipinski definition) is 3. The summed E-state index contributed by atoms with van der Waals surface area (Å²) in [5.41, 5.74) is 8.05. The summed E-state index contributed by atoms with van der Waals surface area (Å²) < 4.78 is 19.7. The predicted molar refractivity (Wildman–Crippen MR) is 77.9 cm³/mol. The van der Waals surface area contributed by atoms with E-state index < -0.39 is 0 Å². The first kappa shape index (κ1) is 12.9. The molecule has 104 valence electrons. The third kappa shape index (κ3) is 2.23. The van der Waals surface area contributed by atoms with Crippen LogP contribution in [0.4, 0.5) is 15.8 Å². The number of rotatable bonds is 2. The number of anilines is 2. The molecule has 2 N–H and O–H groups in total. The van der Waals surface area contributed by atoms with Crippen LogP contribution in [0.5, 0.6) is 5.75 Å². The van der Waals surface area contributed by atoms with E-state index in [0.717, 1.165) is 30.1 Å². The van der Waals surface area contributed by atoms with E-state index in [1.807, 2.05) is 30.3 Å². The van der Waals surface area contributed by atoms with Crippen molar-refractivity contribution in [1.29, 1.82) is 0 Å². The summed E-state index contributed by atoms with van der Waals surface area (Å²) in [6.07, 6.45) is 0.884. The molecule has 3 rings (SSSR count). The van der Waals surface area contributed by atoms with Gasteiger partial charge in [-0.05, 0) is 30.7 Å². The SMILES string of the molecule is NCc1c(F)cccc1N1CCCOc2ccccc21. The highest BCUT2D eigenvalue weighted by atomic mass is 19.1. The van der Waals surface area contributed by atoms with Crippen molar-refractivity contribution in [2.24, 2.45) is 5.73 Å². The molecule has 0 aromatic heterocycles. The monoisotopic (exact) mass is 272 g/mol. The molecule has 0 bridgehead atoms. The van der Waals surface area contributed by atoms with Crippen LogP contribution in [0.15, 0.2) is 42.5 Å². The zero-order valence-corrected chi connectivity index (χ0v) is 11.2. The molecule has 2 aromatic carbocycles. The standard InChI is InChI=1S/C16H17FN2O/c17-13-5-3-7-14(12(13)11-18)19-9-4-10-20-16-8-2-1-6-15(16)19/h1-3,5-8H,4,9-11,18H2. The maximum Gasteiger partial charge on any atom is 0.142 e. The van der Waals surface area contributed by atoms with Crippen molar-refractivity contribution in [3.63, 3.8) is 0 Å². The van der Waals surface area contributed by atoms with Crippen LogP contribution >= 0.6 is 0 Å². The van der Waals surface area contributed by atoms with Gasteiger partial charge in [0.1, 0.15) is 11.6 Å². The predicted octanol–water partition coefficient (Wildman–Crippen LogP) is 3.21. The number of halogens is 1. The van der Waals surface area contributed by atoms with Gasteiger partial charge in [-0.2, -0.15) is 0 Å². The van der Waals surface area contributed by atoms with Gasteiger partial charge in [0, 0.05) is 24.3 Å². The topological polar surface area (TPSA) is 38.5 Å². The van der Waals surface area contributed by atoms with Gasteiger partial charge in [0.2, 0.25) is 0 Å². The maximum atomic E-state index is 13.9. The fraction of sp³-hybridized carbons (Fsp3) is 0.250. The first-order chi connectivity index (χ1) is 9.81. The van der Waals surface area contributed by atoms with Crippen LogP contribution in [0.2, 0.25) is 0 Å². The molecule has 0 spiro atoms. The maximum absolute atomic E-state index is 13.9. The summed E-state index contributed by atoms with van der Waals surface area (Å²) in [6.45, 7) is 1.63. The first-order valence-electron chi connectivity index (χ1n) is 6.78. The molecule has 1 aliphatic heterocycles. The molecule has 2 aromatic rings. The van der Waals surface area contributed by atoms with Crippen molar-refractivity contribution in [2.45, 2.75) is 13.0 Å². The van der Waals surface area contributed by atoms with Crippen LogP contribution in [0.25, 0.3) is 0 Å². The minimum absolute atomic E-state index is 0.182. The van der Waals surface area contributed by atoms with Gasteiger partial charge in [-0.3, -0.25) is 0 Å². The molecule has 1 aliphatic rings. The average molecular weight is 272 g/mol. The summed E-state index contributed by atoms with van der Waals surface area (Å²) in [4.78, 5) is 2.09. The Labute approximate surface area is 117 Å². The van der Waals surface area contributed by atoms with Gasteiger partial charge in [0.05, 0.1) is 12.3 Å². The highest BCUT2D eigenvalue weighted by Gasteiger charge is 2.20. The number of nitrogens with zero attached hydrogens (tertiary/aromatic N) is 1. The zero-order chi connectivity index (χ0) is 13.9. The largest absolute Gasteiger partial charge is 0.491 e. The van der Waals surface area contributed by atoms with E-state index in [4.69, 9.17) is 10.5 Å². The molecule has 0 saturated carbocycles. The van der Waals surface area contributed by atoms with Crippen LogP contribution in [0.1, 0.15) is 12.0 Å². The molecule has 20 heavy (non-hydrogen) atoms. The molecule has 0 unspecified atom stereocenters. The second-order valence-electron chi connectivity index (χ2n) is 4.76. The quantitative estimate of drug-likeness (QED) is 0.912. The van der Waals surface area contributed by atoms with Crippen molar-refractivity contribution in [1.82, 2.24) is 0 Å². The van der Waals surface area contributed by atoms with Crippen molar-refractivity contribution in [3.05, 3.63) is 53.8 Å². The molecule has 0 radical (unpaired) electrons. The van der Waals surface area contributed by atoms with Gasteiger partial charge in [-0.15, -0.1) is 0 Å². The van der Waals surface area contributed by atoms with E-state index in [-0.39, 0.29) is 12.4 Å². The molecule has 0 atom stereocenters. The average Bonchev–Trinajstić information content (AvgIpc) is 2.69. The fourth-order valence-corrected chi connectivity index (χ4v) is 2.58. The molecule has 0 saturated heterocycles. The van der Waals surface area contributed by atoms with E-state index in [1.165, 1.54) is 6.07 Å². The Balaban J connectivity index is 2.12. The Morgan fingerprint density at radius 2 is 1.90 bits per heavy atom. The molecule has 1 heterocycles. The number of fused-ring (bicyclic) bond motifs is 1. The lowest BCUT2D eigenvalue weighted by molar-refractivity contribution is 0.322. The summed E-state index contributed by atoms with van der Waals surface area (Å²) in [5.74, 6) is 0.574. The smallest absolute Gasteiger partial charge is 0.142 e. The van der Waals surface area contributed by atoms with Crippen molar-refractivity contribution in [2.75, 3.05) is 18.1 Å². The minimum atomic E-state index is -0.257. The minimum Gasteiger partial charge on any atom is -0.491 e. The summed E-state index contributed by atoms with van der Waals surface area (Å²) in [5, 5.41) is 0. The summed E-state index contributed by atoms with van der Waals surface area (Å²) in [6, 6.07) is 12.9. The van der Waals surface area contributed by atoms with Gasteiger partial charge >= 0.3 is 0 Å². The lowest BCUT2D eigenvalue weighted by atomic mass is 10.1. The number of ether oxygens (including phenoxy) is 1. The Hall–Kier alpha value is -2.07. The second-order valence-corrected chi connectivity index (χ2v) is 4.76. The highest BCUT2D eigenvalue weighted by molar-refractivity contribution is 5.71. The summed E-state index contributed by atoms with van der Waals surface area (Å²) in [7, 11) is 0.